The number of ether oxygens (including phenoxy) is 1. The number of hydrogen-bond donors (Lipinski definition) is 0. The van der Waals surface area contributed by atoms with Crippen LogP contribution in [0.4, 0.5) is 0 Å². The largest absolute Gasteiger partial charge is 0.462 e. The molecule has 0 N–H and O–H groups in total. The van der Waals surface area contributed by atoms with Crippen LogP contribution in [0.1, 0.15) is 45.1 Å². The van der Waals surface area contributed by atoms with Crippen LogP contribution in [0.15, 0.2) is 30.3 Å². The molecule has 2 atom stereocenters. The molecular weight excluding hydrogens is 200 g/mol. The van der Waals surface area contributed by atoms with Crippen molar-refractivity contribution in [2.24, 2.45) is 0 Å². The van der Waals surface area contributed by atoms with Crippen molar-refractivity contribution in [1.29, 1.82) is 0 Å². The zero-order valence-electron chi connectivity index (χ0n) is 10.3. The Morgan fingerprint density at radius 2 is 1.81 bits per heavy atom. The lowest BCUT2D eigenvalue weighted by molar-refractivity contribution is -0.147. The maximum absolute atomic E-state index is 11.0. The van der Waals surface area contributed by atoms with Gasteiger partial charge in [0.05, 0.1) is 0 Å². The zero-order valence-corrected chi connectivity index (χ0v) is 10.3. The van der Waals surface area contributed by atoms with Gasteiger partial charge in [-0.2, -0.15) is 0 Å². The average molecular weight is 220 g/mol. The number of carbonyl (C=O) groups is 1. The summed E-state index contributed by atoms with van der Waals surface area (Å²) in [5, 5.41) is 0. The fraction of sp³-hybridized carbons (Fsp3) is 0.500. The first-order valence-corrected chi connectivity index (χ1v) is 5.91. The minimum absolute atomic E-state index is 0.00935. The van der Waals surface area contributed by atoms with Gasteiger partial charge in [0.2, 0.25) is 0 Å². The van der Waals surface area contributed by atoms with Crippen LogP contribution in [0.25, 0.3) is 0 Å². The normalized spacial score (nSPS) is 14.2. The Balaban J connectivity index is 2.83. The summed E-state index contributed by atoms with van der Waals surface area (Å²) in [5.74, 6) is 0.108. The highest BCUT2D eigenvalue weighted by atomic mass is 16.5. The van der Waals surface area contributed by atoms with Crippen LogP contribution in [0, 0.1) is 0 Å². The molecule has 0 aromatic heterocycles. The summed E-state index contributed by atoms with van der Waals surface area (Å²) in [6.45, 7) is 5.66. The maximum atomic E-state index is 11.0. The maximum Gasteiger partial charge on any atom is 0.302 e. The van der Waals surface area contributed by atoms with Crippen molar-refractivity contribution in [3.63, 3.8) is 0 Å². The van der Waals surface area contributed by atoms with Gasteiger partial charge in [-0.15, -0.1) is 0 Å². The number of rotatable bonds is 5. The van der Waals surface area contributed by atoms with Crippen molar-refractivity contribution in [1.82, 2.24) is 0 Å². The van der Waals surface area contributed by atoms with E-state index >= 15 is 0 Å². The van der Waals surface area contributed by atoms with Crippen LogP contribution in [-0.4, -0.2) is 12.1 Å². The van der Waals surface area contributed by atoms with Crippen molar-refractivity contribution in [3.8, 4) is 0 Å². The van der Waals surface area contributed by atoms with E-state index in [1.807, 2.05) is 18.2 Å². The predicted molar refractivity (Wildman–Crippen MR) is 65.3 cm³/mol. The minimum atomic E-state index is -0.193. The SMILES string of the molecule is CC[C@H](c1ccccc1)[C@@H](CC)OC(C)=O. The van der Waals surface area contributed by atoms with Gasteiger partial charge in [-0.3, -0.25) is 4.79 Å². The molecule has 0 aliphatic carbocycles. The third-order valence-electron chi connectivity index (χ3n) is 2.84. The van der Waals surface area contributed by atoms with Gasteiger partial charge < -0.3 is 4.74 Å². The Bertz CT molecular complexity index is 319. The first-order valence-electron chi connectivity index (χ1n) is 5.91. The fourth-order valence-corrected chi connectivity index (χ4v) is 2.08. The highest BCUT2D eigenvalue weighted by Gasteiger charge is 2.22. The highest BCUT2D eigenvalue weighted by molar-refractivity contribution is 5.66. The summed E-state index contributed by atoms with van der Waals surface area (Å²) in [5.41, 5.74) is 1.25. The molecule has 0 aliphatic heterocycles. The molecule has 1 aromatic carbocycles. The fourth-order valence-electron chi connectivity index (χ4n) is 2.08. The van der Waals surface area contributed by atoms with Crippen molar-refractivity contribution in [3.05, 3.63) is 35.9 Å². The van der Waals surface area contributed by atoms with E-state index in [4.69, 9.17) is 4.74 Å². The van der Waals surface area contributed by atoms with Gasteiger partial charge in [-0.25, -0.2) is 0 Å². The molecule has 88 valence electrons. The molecule has 0 radical (unpaired) electrons. The van der Waals surface area contributed by atoms with Gasteiger partial charge in [-0.1, -0.05) is 44.2 Å². The first kappa shape index (κ1) is 12.8. The number of benzene rings is 1. The van der Waals surface area contributed by atoms with Gasteiger partial charge in [0, 0.05) is 12.8 Å². The van der Waals surface area contributed by atoms with Crippen molar-refractivity contribution in [2.75, 3.05) is 0 Å². The van der Waals surface area contributed by atoms with E-state index in [2.05, 4.69) is 26.0 Å². The van der Waals surface area contributed by atoms with Gasteiger partial charge in [0.15, 0.2) is 0 Å². The third kappa shape index (κ3) is 3.37. The third-order valence-corrected chi connectivity index (χ3v) is 2.84. The molecule has 16 heavy (non-hydrogen) atoms. The van der Waals surface area contributed by atoms with Crippen LogP contribution in [0.5, 0.6) is 0 Å². The summed E-state index contributed by atoms with van der Waals surface area (Å²) in [6.07, 6.45) is 1.83. The van der Waals surface area contributed by atoms with Crippen LogP contribution >= 0.6 is 0 Å². The summed E-state index contributed by atoms with van der Waals surface area (Å²) in [4.78, 5) is 11.0. The summed E-state index contributed by atoms with van der Waals surface area (Å²) in [6, 6.07) is 10.3. The van der Waals surface area contributed by atoms with Gasteiger partial charge in [-0.05, 0) is 18.4 Å². The molecule has 0 aliphatic rings. The van der Waals surface area contributed by atoms with E-state index in [1.165, 1.54) is 12.5 Å². The first-order chi connectivity index (χ1) is 7.69. The smallest absolute Gasteiger partial charge is 0.302 e. The number of carbonyl (C=O) groups excluding carboxylic acids is 1. The highest BCUT2D eigenvalue weighted by Crippen LogP contribution is 2.27. The Morgan fingerprint density at radius 1 is 1.19 bits per heavy atom. The lowest BCUT2D eigenvalue weighted by Gasteiger charge is -2.25. The molecule has 0 fully saturated rings. The molecule has 0 saturated heterocycles. The van der Waals surface area contributed by atoms with Gasteiger partial charge in [0.25, 0.3) is 0 Å². The molecule has 2 heteroatoms. The molecule has 0 spiro atoms. The Labute approximate surface area is 97.6 Å². The molecule has 0 unspecified atom stereocenters. The monoisotopic (exact) mass is 220 g/mol. The summed E-state index contributed by atoms with van der Waals surface area (Å²) < 4.78 is 5.37. The summed E-state index contributed by atoms with van der Waals surface area (Å²) in [7, 11) is 0. The van der Waals surface area contributed by atoms with E-state index in [9.17, 15) is 4.79 Å². The van der Waals surface area contributed by atoms with E-state index in [-0.39, 0.29) is 12.1 Å². The standard InChI is InChI=1S/C14H20O2/c1-4-13(12-9-7-6-8-10-12)14(5-2)16-11(3)15/h6-10,13-14H,4-5H2,1-3H3/t13-,14-/m1/s1. The van der Waals surface area contributed by atoms with Crippen LogP contribution < -0.4 is 0 Å². The van der Waals surface area contributed by atoms with Crippen molar-refractivity contribution >= 4 is 5.97 Å². The van der Waals surface area contributed by atoms with E-state index in [0.29, 0.717) is 5.92 Å². The Kier molecular flexibility index (Phi) is 5.03. The molecular formula is C14H20O2. The van der Waals surface area contributed by atoms with Crippen LogP contribution in [-0.2, 0) is 9.53 Å². The van der Waals surface area contributed by atoms with Crippen LogP contribution in [0.2, 0.25) is 0 Å². The topological polar surface area (TPSA) is 26.3 Å². The lowest BCUT2D eigenvalue weighted by atomic mass is 9.89. The number of esters is 1. The van der Waals surface area contributed by atoms with Gasteiger partial charge >= 0.3 is 5.97 Å². The van der Waals surface area contributed by atoms with Crippen molar-refractivity contribution < 1.29 is 9.53 Å². The second-order valence-corrected chi connectivity index (χ2v) is 3.98. The van der Waals surface area contributed by atoms with Gasteiger partial charge in [0.1, 0.15) is 6.10 Å². The molecule has 0 amide bonds. The molecule has 0 saturated carbocycles. The number of hydrogen-bond acceptors (Lipinski definition) is 2. The zero-order chi connectivity index (χ0) is 12.0. The van der Waals surface area contributed by atoms with E-state index in [1.54, 1.807) is 0 Å². The summed E-state index contributed by atoms with van der Waals surface area (Å²) >= 11 is 0. The lowest BCUT2D eigenvalue weighted by Crippen LogP contribution is -2.23. The van der Waals surface area contributed by atoms with Crippen molar-refractivity contribution in [2.45, 2.75) is 45.6 Å². The molecule has 1 aromatic rings. The average Bonchev–Trinajstić information content (AvgIpc) is 2.29. The molecule has 1 rings (SSSR count). The molecule has 2 nitrogen and oxygen atoms in total. The quantitative estimate of drug-likeness (QED) is 0.710. The Hall–Kier alpha value is -1.31. The van der Waals surface area contributed by atoms with E-state index in [0.717, 1.165) is 12.8 Å². The Morgan fingerprint density at radius 3 is 2.25 bits per heavy atom. The second kappa shape index (κ2) is 6.31. The minimum Gasteiger partial charge on any atom is -0.462 e. The van der Waals surface area contributed by atoms with E-state index < -0.39 is 0 Å². The second-order valence-electron chi connectivity index (χ2n) is 3.98. The van der Waals surface area contributed by atoms with Crippen LogP contribution in [0.3, 0.4) is 0 Å². The molecule has 0 bridgehead atoms. The molecule has 0 heterocycles. The predicted octanol–water partition coefficient (Wildman–Crippen LogP) is 3.52.